The van der Waals surface area contributed by atoms with Crippen LogP contribution in [0.4, 0.5) is 19.0 Å². The van der Waals surface area contributed by atoms with E-state index in [1.807, 2.05) is 0 Å². The van der Waals surface area contributed by atoms with Gasteiger partial charge in [-0.05, 0) is 37.6 Å². The van der Waals surface area contributed by atoms with Crippen molar-refractivity contribution in [2.45, 2.75) is 20.4 Å². The fraction of sp³-hybridized carbons (Fsp3) is 0.235. The van der Waals surface area contributed by atoms with Crippen LogP contribution in [0.3, 0.4) is 0 Å². The molecule has 0 spiro atoms. The van der Waals surface area contributed by atoms with Gasteiger partial charge in [-0.15, -0.1) is 0 Å². The van der Waals surface area contributed by atoms with Crippen LogP contribution in [0, 0.1) is 31.4 Å². The maximum absolute atomic E-state index is 14.3. The molecule has 0 fully saturated rings. The SMILES string of the molecule is Cc1cc(F)c(CNc2cnc(-c3cc(C)nn3C)c(F)n2)c(F)c1. The van der Waals surface area contributed by atoms with Crippen LogP contribution in [0.2, 0.25) is 0 Å². The third kappa shape index (κ3) is 3.47. The molecule has 0 unspecified atom stereocenters. The Balaban J connectivity index is 1.81. The molecule has 0 saturated heterocycles. The zero-order chi connectivity index (χ0) is 18.1. The van der Waals surface area contributed by atoms with Crippen LogP contribution < -0.4 is 5.32 Å². The highest BCUT2D eigenvalue weighted by Crippen LogP contribution is 2.21. The molecule has 2 heterocycles. The summed E-state index contributed by atoms with van der Waals surface area (Å²) in [7, 11) is 1.68. The number of hydrogen-bond donors (Lipinski definition) is 1. The van der Waals surface area contributed by atoms with Crippen LogP contribution >= 0.6 is 0 Å². The van der Waals surface area contributed by atoms with Gasteiger partial charge in [-0.1, -0.05) is 0 Å². The smallest absolute Gasteiger partial charge is 0.242 e. The number of aryl methyl sites for hydroxylation is 3. The largest absolute Gasteiger partial charge is 0.364 e. The minimum atomic E-state index is -0.794. The first-order valence-corrected chi connectivity index (χ1v) is 7.57. The number of halogens is 3. The minimum absolute atomic E-state index is 0.0568. The van der Waals surface area contributed by atoms with Crippen molar-refractivity contribution >= 4 is 5.82 Å². The Kier molecular flexibility index (Phi) is 4.43. The minimum Gasteiger partial charge on any atom is -0.364 e. The van der Waals surface area contributed by atoms with E-state index in [0.29, 0.717) is 11.3 Å². The lowest BCUT2D eigenvalue weighted by Crippen LogP contribution is -2.08. The van der Waals surface area contributed by atoms with E-state index < -0.39 is 17.6 Å². The highest BCUT2D eigenvalue weighted by molar-refractivity contribution is 5.56. The van der Waals surface area contributed by atoms with E-state index in [1.165, 1.54) is 23.0 Å². The number of aromatic nitrogens is 4. The molecule has 0 atom stereocenters. The summed E-state index contributed by atoms with van der Waals surface area (Å²) in [6.45, 7) is 3.22. The van der Waals surface area contributed by atoms with Crippen molar-refractivity contribution in [3.8, 4) is 11.4 Å². The predicted octanol–water partition coefficient (Wildman–Crippen LogP) is 3.52. The van der Waals surface area contributed by atoms with Crippen molar-refractivity contribution in [2.24, 2.45) is 7.05 Å². The van der Waals surface area contributed by atoms with Crippen LogP contribution in [0.5, 0.6) is 0 Å². The maximum Gasteiger partial charge on any atom is 0.242 e. The van der Waals surface area contributed by atoms with Crippen LogP contribution in [-0.2, 0) is 13.6 Å². The van der Waals surface area contributed by atoms with E-state index in [-0.39, 0.29) is 23.6 Å². The molecule has 0 aliphatic heterocycles. The third-order valence-electron chi connectivity index (χ3n) is 3.71. The predicted molar refractivity (Wildman–Crippen MR) is 87.4 cm³/mol. The normalized spacial score (nSPS) is 11.0. The van der Waals surface area contributed by atoms with E-state index in [1.54, 1.807) is 27.0 Å². The second-order valence-electron chi connectivity index (χ2n) is 5.75. The first-order chi connectivity index (χ1) is 11.8. The fourth-order valence-electron chi connectivity index (χ4n) is 2.53. The Morgan fingerprint density at radius 3 is 2.32 bits per heavy atom. The van der Waals surface area contributed by atoms with Gasteiger partial charge in [-0.25, -0.2) is 13.8 Å². The van der Waals surface area contributed by atoms with Crippen LogP contribution in [0.25, 0.3) is 11.4 Å². The second kappa shape index (κ2) is 6.54. The molecule has 130 valence electrons. The lowest BCUT2D eigenvalue weighted by Gasteiger charge is -2.09. The summed E-state index contributed by atoms with van der Waals surface area (Å²) in [4.78, 5) is 7.81. The first-order valence-electron chi connectivity index (χ1n) is 7.57. The Hall–Kier alpha value is -2.90. The van der Waals surface area contributed by atoms with Crippen molar-refractivity contribution < 1.29 is 13.2 Å². The summed E-state index contributed by atoms with van der Waals surface area (Å²) in [5, 5.41) is 6.82. The molecule has 3 rings (SSSR count). The Labute approximate surface area is 142 Å². The Bertz CT molecular complexity index is 913. The van der Waals surface area contributed by atoms with Gasteiger partial charge in [0, 0.05) is 19.2 Å². The average Bonchev–Trinajstić information content (AvgIpc) is 2.84. The van der Waals surface area contributed by atoms with Gasteiger partial charge in [0.1, 0.15) is 23.1 Å². The molecule has 0 aliphatic rings. The highest BCUT2D eigenvalue weighted by Gasteiger charge is 2.15. The van der Waals surface area contributed by atoms with E-state index in [4.69, 9.17) is 0 Å². The number of nitrogens with zero attached hydrogens (tertiary/aromatic N) is 4. The molecule has 1 aromatic carbocycles. The lowest BCUT2D eigenvalue weighted by molar-refractivity contribution is 0.557. The molecule has 0 bridgehead atoms. The van der Waals surface area contributed by atoms with E-state index in [9.17, 15) is 13.2 Å². The first kappa shape index (κ1) is 16.9. The summed E-state index contributed by atoms with van der Waals surface area (Å²) < 4.78 is 43.4. The number of nitrogens with one attached hydrogen (secondary N) is 1. The average molecular weight is 347 g/mol. The van der Waals surface area contributed by atoms with Gasteiger partial charge in [0.15, 0.2) is 0 Å². The molecule has 25 heavy (non-hydrogen) atoms. The summed E-state index contributed by atoms with van der Waals surface area (Å²) in [5.41, 5.74) is 1.62. The molecule has 0 aliphatic carbocycles. The van der Waals surface area contributed by atoms with Crippen molar-refractivity contribution in [2.75, 3.05) is 5.32 Å². The van der Waals surface area contributed by atoms with Gasteiger partial charge in [-0.3, -0.25) is 4.68 Å². The Morgan fingerprint density at radius 2 is 1.76 bits per heavy atom. The number of hydrogen-bond acceptors (Lipinski definition) is 4. The molecule has 5 nitrogen and oxygen atoms in total. The van der Waals surface area contributed by atoms with Gasteiger partial charge in [0.25, 0.3) is 0 Å². The van der Waals surface area contributed by atoms with Crippen molar-refractivity contribution in [3.63, 3.8) is 0 Å². The van der Waals surface area contributed by atoms with Gasteiger partial charge in [0.2, 0.25) is 5.95 Å². The van der Waals surface area contributed by atoms with Crippen molar-refractivity contribution in [3.05, 3.63) is 58.8 Å². The van der Waals surface area contributed by atoms with Crippen LogP contribution in [-0.4, -0.2) is 19.7 Å². The third-order valence-corrected chi connectivity index (χ3v) is 3.71. The monoisotopic (exact) mass is 347 g/mol. The number of rotatable bonds is 4. The number of anilines is 1. The molecule has 8 heteroatoms. The van der Waals surface area contributed by atoms with E-state index in [2.05, 4.69) is 20.4 Å². The summed E-state index contributed by atoms with van der Waals surface area (Å²) in [6.07, 6.45) is 1.31. The van der Waals surface area contributed by atoms with Gasteiger partial charge >= 0.3 is 0 Å². The molecule has 3 aromatic rings. The van der Waals surface area contributed by atoms with Crippen molar-refractivity contribution in [1.29, 1.82) is 0 Å². The van der Waals surface area contributed by atoms with Gasteiger partial charge in [0.05, 0.1) is 17.6 Å². The molecular formula is C17H16F3N5. The maximum atomic E-state index is 14.3. The molecule has 1 N–H and O–H groups in total. The standard InChI is InChI=1S/C17H16F3N5/c1-9-4-12(18)11(13(19)5-9)7-21-15-8-22-16(17(20)23-15)14-6-10(2)24-25(14)3/h4-6,8H,7H2,1-3H3,(H,21,23). The molecule has 0 radical (unpaired) electrons. The molecule has 0 amide bonds. The summed E-state index contributed by atoms with van der Waals surface area (Å²) >= 11 is 0. The van der Waals surface area contributed by atoms with Crippen LogP contribution in [0.15, 0.2) is 24.4 Å². The summed E-state index contributed by atoms with van der Waals surface area (Å²) in [5.74, 6) is -2.04. The zero-order valence-corrected chi connectivity index (χ0v) is 13.9. The van der Waals surface area contributed by atoms with E-state index >= 15 is 0 Å². The van der Waals surface area contributed by atoms with Crippen molar-refractivity contribution in [1.82, 2.24) is 19.7 Å². The lowest BCUT2D eigenvalue weighted by atomic mass is 10.1. The zero-order valence-electron chi connectivity index (χ0n) is 13.9. The fourth-order valence-corrected chi connectivity index (χ4v) is 2.53. The van der Waals surface area contributed by atoms with Gasteiger partial charge in [-0.2, -0.15) is 14.5 Å². The molecular weight excluding hydrogens is 331 g/mol. The highest BCUT2D eigenvalue weighted by atomic mass is 19.1. The second-order valence-corrected chi connectivity index (χ2v) is 5.75. The molecule has 2 aromatic heterocycles. The Morgan fingerprint density at radius 1 is 1.08 bits per heavy atom. The molecule has 0 saturated carbocycles. The van der Waals surface area contributed by atoms with Gasteiger partial charge < -0.3 is 5.32 Å². The van der Waals surface area contributed by atoms with E-state index in [0.717, 1.165) is 5.69 Å². The number of benzene rings is 1. The summed E-state index contributed by atoms with van der Waals surface area (Å²) in [6, 6.07) is 4.16. The van der Waals surface area contributed by atoms with Crippen LogP contribution in [0.1, 0.15) is 16.8 Å². The quantitative estimate of drug-likeness (QED) is 0.785. The topological polar surface area (TPSA) is 55.6 Å².